The summed E-state index contributed by atoms with van der Waals surface area (Å²) in [6.45, 7) is 0. The molecular weight excluding hydrogens is 295 g/mol. The summed E-state index contributed by atoms with van der Waals surface area (Å²) in [6, 6.07) is 4.10. The van der Waals surface area contributed by atoms with Crippen LogP contribution in [0.5, 0.6) is 5.75 Å². The van der Waals surface area contributed by atoms with Gasteiger partial charge in [0.25, 0.3) is 9.84 Å². The summed E-state index contributed by atoms with van der Waals surface area (Å²) < 4.78 is 65.0. The summed E-state index contributed by atoms with van der Waals surface area (Å²) >= 11 is 0. The van der Waals surface area contributed by atoms with Crippen molar-refractivity contribution in [3.05, 3.63) is 24.3 Å². The zero-order chi connectivity index (χ0) is 15.0. The van der Waals surface area contributed by atoms with Crippen molar-refractivity contribution in [3.8, 4) is 5.75 Å². The van der Waals surface area contributed by atoms with E-state index in [1.807, 2.05) is 0 Å². The highest BCUT2D eigenvalue weighted by Gasteiger charge is 2.46. The molecule has 2 unspecified atom stereocenters. The van der Waals surface area contributed by atoms with Gasteiger partial charge in [-0.15, -0.1) is 0 Å². The van der Waals surface area contributed by atoms with E-state index in [0.29, 0.717) is 5.75 Å². The van der Waals surface area contributed by atoms with E-state index in [1.54, 1.807) is 0 Å². The molecule has 0 aromatic heterocycles. The molecule has 1 aromatic carbocycles. The molecule has 0 aliphatic heterocycles. The van der Waals surface area contributed by atoms with Crippen LogP contribution in [0.1, 0.15) is 19.3 Å². The van der Waals surface area contributed by atoms with E-state index in [0.717, 1.165) is 31.4 Å². The van der Waals surface area contributed by atoms with Gasteiger partial charge in [-0.05, 0) is 43.5 Å². The Hall–Kier alpha value is -1.28. The van der Waals surface area contributed by atoms with E-state index in [-0.39, 0.29) is 12.1 Å². The number of ether oxygens (including phenoxy) is 1. The van der Waals surface area contributed by atoms with Gasteiger partial charge in [0.2, 0.25) is 0 Å². The van der Waals surface area contributed by atoms with Crippen LogP contribution < -0.4 is 10.5 Å². The maximum absolute atomic E-state index is 12.4. The van der Waals surface area contributed by atoms with Crippen molar-refractivity contribution in [2.75, 3.05) is 0 Å². The van der Waals surface area contributed by atoms with Crippen molar-refractivity contribution in [3.63, 3.8) is 0 Å². The monoisotopic (exact) mass is 309 g/mol. The summed E-state index contributed by atoms with van der Waals surface area (Å²) in [6.07, 6.45) is 2.38. The molecule has 4 nitrogen and oxygen atoms in total. The first-order chi connectivity index (χ1) is 9.22. The molecule has 0 spiro atoms. The summed E-state index contributed by atoms with van der Waals surface area (Å²) in [5.41, 5.74) is 0.511. The fraction of sp³-hybridized carbons (Fsp3) is 0.500. The number of hydrogen-bond acceptors (Lipinski definition) is 4. The molecule has 112 valence electrons. The average molecular weight is 309 g/mol. The molecule has 2 N–H and O–H groups in total. The van der Waals surface area contributed by atoms with Crippen LogP contribution in [0.3, 0.4) is 0 Å². The molecule has 0 radical (unpaired) electrons. The van der Waals surface area contributed by atoms with Crippen molar-refractivity contribution >= 4 is 9.84 Å². The average Bonchev–Trinajstić information content (AvgIpc) is 2.74. The topological polar surface area (TPSA) is 69.4 Å². The zero-order valence-corrected chi connectivity index (χ0v) is 11.2. The van der Waals surface area contributed by atoms with Gasteiger partial charge in [0.1, 0.15) is 11.9 Å². The van der Waals surface area contributed by atoms with Crippen molar-refractivity contribution in [1.29, 1.82) is 0 Å². The molecule has 1 aromatic rings. The summed E-state index contributed by atoms with van der Waals surface area (Å²) in [4.78, 5) is -0.798. The number of alkyl halides is 3. The second kappa shape index (κ2) is 5.25. The smallest absolute Gasteiger partial charge is 0.489 e. The minimum Gasteiger partial charge on any atom is -0.489 e. The van der Waals surface area contributed by atoms with E-state index in [2.05, 4.69) is 0 Å². The third-order valence-corrected chi connectivity index (χ3v) is 4.73. The van der Waals surface area contributed by atoms with Crippen LogP contribution >= 0.6 is 0 Å². The Balaban J connectivity index is 2.15. The van der Waals surface area contributed by atoms with Crippen LogP contribution in [0.4, 0.5) is 13.2 Å². The molecule has 0 heterocycles. The Labute approximate surface area is 114 Å². The van der Waals surface area contributed by atoms with E-state index in [4.69, 9.17) is 10.5 Å². The second-order valence-electron chi connectivity index (χ2n) is 4.67. The van der Waals surface area contributed by atoms with Crippen LogP contribution in [0.25, 0.3) is 0 Å². The number of nitrogens with two attached hydrogens (primary N) is 1. The van der Waals surface area contributed by atoms with Gasteiger partial charge >= 0.3 is 5.51 Å². The van der Waals surface area contributed by atoms with Crippen LogP contribution in [0.2, 0.25) is 0 Å². The summed E-state index contributed by atoms with van der Waals surface area (Å²) in [5.74, 6) is 0.313. The van der Waals surface area contributed by atoms with E-state index in [9.17, 15) is 21.6 Å². The molecule has 20 heavy (non-hydrogen) atoms. The highest BCUT2D eigenvalue weighted by atomic mass is 32.2. The molecule has 1 fully saturated rings. The number of hydrogen-bond donors (Lipinski definition) is 1. The van der Waals surface area contributed by atoms with Crippen molar-refractivity contribution < 1.29 is 26.3 Å². The minimum absolute atomic E-state index is 0.103. The molecule has 8 heteroatoms. The summed E-state index contributed by atoms with van der Waals surface area (Å²) in [7, 11) is -5.31. The van der Waals surface area contributed by atoms with E-state index < -0.39 is 20.2 Å². The molecule has 0 bridgehead atoms. The van der Waals surface area contributed by atoms with Crippen LogP contribution in [-0.4, -0.2) is 26.1 Å². The van der Waals surface area contributed by atoms with Crippen molar-refractivity contribution in [2.45, 2.75) is 41.8 Å². The lowest BCUT2D eigenvalue weighted by molar-refractivity contribution is -0.0436. The molecule has 1 aliphatic carbocycles. The van der Waals surface area contributed by atoms with Gasteiger partial charge in [0.05, 0.1) is 4.90 Å². The number of sulfone groups is 1. The maximum atomic E-state index is 12.4. The van der Waals surface area contributed by atoms with Gasteiger partial charge < -0.3 is 10.5 Å². The highest BCUT2D eigenvalue weighted by molar-refractivity contribution is 7.92. The number of benzene rings is 1. The molecule has 1 aliphatic rings. The van der Waals surface area contributed by atoms with Gasteiger partial charge in [-0.1, -0.05) is 0 Å². The lowest BCUT2D eigenvalue weighted by Crippen LogP contribution is -2.33. The third kappa shape index (κ3) is 2.90. The maximum Gasteiger partial charge on any atom is 0.501 e. The van der Waals surface area contributed by atoms with Crippen LogP contribution in [-0.2, 0) is 9.84 Å². The molecule has 2 atom stereocenters. The SMILES string of the molecule is NC1CCCC1Oc1ccc(S(=O)(=O)C(F)(F)F)cc1. The van der Waals surface area contributed by atoms with Crippen LogP contribution in [0, 0.1) is 0 Å². The highest BCUT2D eigenvalue weighted by Crippen LogP contribution is 2.31. The Morgan fingerprint density at radius 3 is 2.20 bits per heavy atom. The van der Waals surface area contributed by atoms with Crippen molar-refractivity contribution in [1.82, 2.24) is 0 Å². The van der Waals surface area contributed by atoms with Gasteiger partial charge in [0, 0.05) is 6.04 Å². The van der Waals surface area contributed by atoms with Gasteiger partial charge in [-0.3, -0.25) is 0 Å². The Morgan fingerprint density at radius 2 is 1.75 bits per heavy atom. The summed E-state index contributed by atoms with van der Waals surface area (Å²) in [5, 5.41) is 0. The Bertz CT molecular complexity index is 569. The van der Waals surface area contributed by atoms with Gasteiger partial charge in [-0.25, -0.2) is 8.42 Å². The van der Waals surface area contributed by atoms with E-state index in [1.165, 1.54) is 12.1 Å². The second-order valence-corrected chi connectivity index (χ2v) is 6.61. The zero-order valence-electron chi connectivity index (χ0n) is 10.4. The first-order valence-electron chi connectivity index (χ1n) is 6.05. The Morgan fingerprint density at radius 1 is 1.15 bits per heavy atom. The van der Waals surface area contributed by atoms with Gasteiger partial charge in [-0.2, -0.15) is 13.2 Å². The first kappa shape index (κ1) is 15.1. The number of rotatable bonds is 3. The normalized spacial score (nSPS) is 23.8. The molecule has 0 saturated heterocycles. The predicted octanol–water partition coefficient (Wildman–Crippen LogP) is 2.24. The first-order valence-corrected chi connectivity index (χ1v) is 7.54. The Kier molecular flexibility index (Phi) is 3.97. The predicted molar refractivity (Wildman–Crippen MR) is 65.9 cm³/mol. The standard InChI is InChI=1S/C12H14F3NO3S/c13-12(14,15)20(17,18)9-6-4-8(5-7-9)19-11-3-1-2-10(11)16/h4-7,10-11H,1-3,16H2. The van der Waals surface area contributed by atoms with Crippen molar-refractivity contribution in [2.24, 2.45) is 5.73 Å². The largest absolute Gasteiger partial charge is 0.501 e. The van der Waals surface area contributed by atoms with E-state index >= 15 is 0 Å². The molecule has 0 amide bonds. The van der Waals surface area contributed by atoms with Gasteiger partial charge in [0.15, 0.2) is 0 Å². The van der Waals surface area contributed by atoms with Crippen LogP contribution in [0.15, 0.2) is 29.2 Å². The fourth-order valence-electron chi connectivity index (χ4n) is 2.11. The number of halogens is 3. The molecule has 1 saturated carbocycles. The quantitative estimate of drug-likeness (QED) is 0.929. The fourth-order valence-corrected chi connectivity index (χ4v) is 2.87. The third-order valence-electron chi connectivity index (χ3n) is 3.23. The molecular formula is C12H14F3NO3S. The molecule has 2 rings (SSSR count). The lowest BCUT2D eigenvalue weighted by atomic mass is 10.2. The minimum atomic E-state index is -5.31. The lowest BCUT2D eigenvalue weighted by Gasteiger charge is -2.18.